The van der Waals surface area contributed by atoms with Gasteiger partial charge in [-0.2, -0.15) is 11.3 Å². The Balaban J connectivity index is 2.90. The molecule has 3 nitrogen and oxygen atoms in total. The van der Waals surface area contributed by atoms with Crippen molar-refractivity contribution in [2.45, 2.75) is 6.92 Å². The van der Waals surface area contributed by atoms with Crippen molar-refractivity contribution in [3.05, 3.63) is 17.0 Å². The van der Waals surface area contributed by atoms with Gasteiger partial charge in [-0.15, -0.1) is 0 Å². The van der Waals surface area contributed by atoms with Crippen LogP contribution in [0.25, 0.3) is 0 Å². The minimum Gasteiger partial charge on any atom is -0.423 e. The Morgan fingerprint density at radius 1 is 1.64 bits per heavy atom. The van der Waals surface area contributed by atoms with Gasteiger partial charge < -0.3 is 10.0 Å². The summed E-state index contributed by atoms with van der Waals surface area (Å²) in [5, 5.41) is 19.0. The Labute approximate surface area is 68.4 Å². The summed E-state index contributed by atoms with van der Waals surface area (Å²) in [5.74, 6) is -0.0619. The SMILES string of the molecule is CC(=O)c1csc(B(O)O)c1. The summed E-state index contributed by atoms with van der Waals surface area (Å²) in [6.45, 7) is 1.44. The highest BCUT2D eigenvalue weighted by Gasteiger charge is 2.14. The fraction of sp³-hybridized carbons (Fsp3) is 0.167. The zero-order valence-corrected chi connectivity index (χ0v) is 6.76. The van der Waals surface area contributed by atoms with Crippen molar-refractivity contribution in [3.63, 3.8) is 0 Å². The third-order valence-corrected chi connectivity index (χ3v) is 2.25. The molecule has 1 aromatic rings. The van der Waals surface area contributed by atoms with E-state index >= 15 is 0 Å². The van der Waals surface area contributed by atoms with Crippen LogP contribution in [0.1, 0.15) is 17.3 Å². The molecular formula is C6H7BO3S. The molecule has 0 atom stereocenters. The first-order valence-corrected chi connectivity index (χ1v) is 3.94. The molecule has 58 valence electrons. The molecule has 0 fully saturated rings. The van der Waals surface area contributed by atoms with Gasteiger partial charge in [-0.1, -0.05) is 0 Å². The number of Topliss-reactive ketones (excluding diaryl/α,β-unsaturated/α-hetero) is 1. The molecule has 0 saturated carbocycles. The zero-order valence-electron chi connectivity index (χ0n) is 5.94. The van der Waals surface area contributed by atoms with E-state index in [1.165, 1.54) is 24.3 Å². The van der Waals surface area contributed by atoms with Crippen LogP contribution in [-0.4, -0.2) is 22.9 Å². The van der Waals surface area contributed by atoms with Gasteiger partial charge in [-0.3, -0.25) is 4.79 Å². The number of carbonyl (C=O) groups is 1. The molecule has 2 N–H and O–H groups in total. The fourth-order valence-electron chi connectivity index (χ4n) is 0.673. The smallest absolute Gasteiger partial charge is 0.423 e. The average Bonchev–Trinajstić information content (AvgIpc) is 2.33. The molecule has 1 rings (SSSR count). The molecule has 0 aliphatic rings. The lowest BCUT2D eigenvalue weighted by atomic mass is 9.89. The first-order chi connectivity index (χ1) is 5.11. The summed E-state index contributed by atoms with van der Waals surface area (Å²) in [6, 6.07) is 1.48. The summed E-state index contributed by atoms with van der Waals surface area (Å²) >= 11 is 1.17. The summed E-state index contributed by atoms with van der Waals surface area (Å²) in [6.07, 6.45) is 0. The number of ketones is 1. The number of hydrogen-bond donors (Lipinski definition) is 2. The minimum atomic E-state index is -1.46. The lowest BCUT2D eigenvalue weighted by Crippen LogP contribution is -2.26. The number of carbonyl (C=O) groups excluding carboxylic acids is 1. The summed E-state index contributed by atoms with van der Waals surface area (Å²) < 4.78 is 0.398. The molecule has 1 heterocycles. The maximum atomic E-state index is 10.7. The van der Waals surface area contributed by atoms with Gasteiger partial charge in [0, 0.05) is 15.7 Å². The quantitative estimate of drug-likeness (QED) is 0.470. The van der Waals surface area contributed by atoms with E-state index in [0.717, 1.165) is 0 Å². The molecule has 0 spiro atoms. The van der Waals surface area contributed by atoms with Gasteiger partial charge in [-0.05, 0) is 13.0 Å². The van der Waals surface area contributed by atoms with Gasteiger partial charge in [0.15, 0.2) is 5.78 Å². The Morgan fingerprint density at radius 3 is 2.55 bits per heavy atom. The lowest BCUT2D eigenvalue weighted by Gasteiger charge is -1.88. The Hall–Kier alpha value is -0.645. The van der Waals surface area contributed by atoms with Gasteiger partial charge in [0.1, 0.15) is 0 Å². The van der Waals surface area contributed by atoms with Crippen molar-refractivity contribution in [3.8, 4) is 0 Å². The van der Waals surface area contributed by atoms with Crippen LogP contribution in [0, 0.1) is 0 Å². The third-order valence-electron chi connectivity index (χ3n) is 1.28. The van der Waals surface area contributed by atoms with Gasteiger partial charge in [0.25, 0.3) is 0 Å². The van der Waals surface area contributed by atoms with E-state index in [4.69, 9.17) is 10.0 Å². The van der Waals surface area contributed by atoms with E-state index in [-0.39, 0.29) is 5.78 Å². The molecule has 0 unspecified atom stereocenters. The van der Waals surface area contributed by atoms with E-state index in [2.05, 4.69) is 0 Å². The van der Waals surface area contributed by atoms with Gasteiger partial charge in [0.2, 0.25) is 0 Å². The minimum absolute atomic E-state index is 0.0619. The molecule has 0 aliphatic carbocycles. The summed E-state index contributed by atoms with van der Waals surface area (Å²) in [4.78, 5) is 10.7. The van der Waals surface area contributed by atoms with Crippen molar-refractivity contribution < 1.29 is 14.8 Å². The monoisotopic (exact) mass is 170 g/mol. The molecule has 0 bridgehead atoms. The standard InChI is InChI=1S/C6H7BO3S/c1-4(8)5-2-6(7(9)10)11-3-5/h2-3,9-10H,1H3. The van der Waals surface area contributed by atoms with E-state index < -0.39 is 7.12 Å². The van der Waals surface area contributed by atoms with E-state index in [9.17, 15) is 4.79 Å². The number of rotatable bonds is 2. The first kappa shape index (κ1) is 8.45. The van der Waals surface area contributed by atoms with Crippen LogP contribution in [0.4, 0.5) is 0 Å². The van der Waals surface area contributed by atoms with Gasteiger partial charge in [0.05, 0.1) is 0 Å². The maximum Gasteiger partial charge on any atom is 0.499 e. The summed E-state index contributed by atoms with van der Waals surface area (Å²) in [5.41, 5.74) is 0.526. The van der Waals surface area contributed by atoms with E-state index in [0.29, 0.717) is 10.3 Å². The molecule has 5 heteroatoms. The molecule has 1 aromatic heterocycles. The Bertz CT molecular complexity index is 269. The van der Waals surface area contributed by atoms with Gasteiger partial charge in [-0.25, -0.2) is 0 Å². The molecule has 0 saturated heterocycles. The lowest BCUT2D eigenvalue weighted by molar-refractivity contribution is 0.101. The number of thiophene rings is 1. The molecule has 0 aliphatic heterocycles. The largest absolute Gasteiger partial charge is 0.499 e. The van der Waals surface area contributed by atoms with E-state index in [1.807, 2.05) is 0 Å². The average molecular weight is 170 g/mol. The third kappa shape index (κ3) is 1.89. The predicted molar refractivity (Wildman–Crippen MR) is 44.1 cm³/mol. The highest BCUT2D eigenvalue weighted by molar-refractivity contribution is 7.20. The second-order valence-electron chi connectivity index (χ2n) is 2.17. The first-order valence-electron chi connectivity index (χ1n) is 3.07. The zero-order chi connectivity index (χ0) is 8.43. The molecule has 11 heavy (non-hydrogen) atoms. The maximum absolute atomic E-state index is 10.7. The van der Waals surface area contributed by atoms with Gasteiger partial charge >= 0.3 is 7.12 Å². The van der Waals surface area contributed by atoms with Crippen molar-refractivity contribution in [1.82, 2.24) is 0 Å². The van der Waals surface area contributed by atoms with Crippen LogP contribution >= 0.6 is 11.3 Å². The second-order valence-corrected chi connectivity index (χ2v) is 3.11. The van der Waals surface area contributed by atoms with Crippen molar-refractivity contribution in [2.24, 2.45) is 0 Å². The van der Waals surface area contributed by atoms with Crippen LogP contribution in [0.3, 0.4) is 0 Å². The molecular weight excluding hydrogens is 163 g/mol. The Kier molecular flexibility index (Phi) is 2.43. The highest BCUT2D eigenvalue weighted by Crippen LogP contribution is 2.04. The molecule has 0 amide bonds. The van der Waals surface area contributed by atoms with Crippen molar-refractivity contribution in [1.29, 1.82) is 0 Å². The predicted octanol–water partition coefficient (Wildman–Crippen LogP) is -0.369. The molecule has 0 aromatic carbocycles. The van der Waals surface area contributed by atoms with Crippen molar-refractivity contribution in [2.75, 3.05) is 0 Å². The second kappa shape index (κ2) is 3.17. The number of hydrogen-bond acceptors (Lipinski definition) is 4. The van der Waals surface area contributed by atoms with Crippen LogP contribution in [0.15, 0.2) is 11.4 Å². The van der Waals surface area contributed by atoms with Crippen molar-refractivity contribution >= 4 is 29.0 Å². The van der Waals surface area contributed by atoms with Crippen LogP contribution < -0.4 is 4.78 Å². The normalized spacial score (nSPS) is 9.73. The fourth-order valence-corrected chi connectivity index (χ4v) is 1.49. The van der Waals surface area contributed by atoms with Crippen LogP contribution in [-0.2, 0) is 0 Å². The van der Waals surface area contributed by atoms with E-state index in [1.54, 1.807) is 5.38 Å². The Morgan fingerprint density at radius 2 is 2.27 bits per heavy atom. The highest BCUT2D eigenvalue weighted by atomic mass is 32.1. The van der Waals surface area contributed by atoms with Crippen LogP contribution in [0.5, 0.6) is 0 Å². The molecule has 0 radical (unpaired) electrons. The topological polar surface area (TPSA) is 57.5 Å². The van der Waals surface area contributed by atoms with Crippen LogP contribution in [0.2, 0.25) is 0 Å². The summed E-state index contributed by atoms with van der Waals surface area (Å²) in [7, 11) is -1.46.